The zero-order valence-electron chi connectivity index (χ0n) is 19.1. The summed E-state index contributed by atoms with van der Waals surface area (Å²) in [5.74, 6) is -1.29. The molecule has 2 N–H and O–H groups in total. The fourth-order valence-corrected chi connectivity index (χ4v) is 5.39. The number of aliphatic carboxylic acids is 1. The molecular weight excluding hydrogens is 502 g/mol. The second-order valence-corrected chi connectivity index (χ2v) is 10.1. The lowest BCUT2D eigenvalue weighted by Gasteiger charge is -2.25. The molecule has 2 aliphatic rings. The molecule has 192 valence electrons. The molecule has 13 heteroatoms. The van der Waals surface area contributed by atoms with Crippen molar-refractivity contribution in [2.75, 3.05) is 18.4 Å². The molecule has 2 unspecified atom stereocenters. The van der Waals surface area contributed by atoms with Crippen LogP contribution in [0.15, 0.2) is 36.4 Å². The topological polar surface area (TPSA) is 100 Å². The average Bonchev–Trinajstić information content (AvgIpc) is 3.49. The number of nitrogens with one attached hydrogen (secondary N) is 1. The zero-order valence-corrected chi connectivity index (χ0v) is 19.9. The van der Waals surface area contributed by atoms with Gasteiger partial charge >= 0.3 is 12.1 Å². The van der Waals surface area contributed by atoms with Crippen LogP contribution in [0.1, 0.15) is 26.2 Å². The van der Waals surface area contributed by atoms with Gasteiger partial charge < -0.3 is 15.0 Å². The molecule has 2 atom stereocenters. The molecule has 1 amide bonds. The van der Waals surface area contributed by atoms with Crippen molar-refractivity contribution in [1.29, 1.82) is 0 Å². The number of fused-ring (bicyclic) bond motifs is 2. The molecule has 36 heavy (non-hydrogen) atoms. The Balaban J connectivity index is 0.000000384. The van der Waals surface area contributed by atoms with Gasteiger partial charge in [0.05, 0.1) is 0 Å². The summed E-state index contributed by atoms with van der Waals surface area (Å²) in [5.41, 5.74) is 0.416. The number of benzene rings is 1. The highest BCUT2D eigenvalue weighted by molar-refractivity contribution is 7.11. The van der Waals surface area contributed by atoms with Crippen LogP contribution in [0.5, 0.6) is 0 Å². The number of hydrogen-bond donors (Lipinski definition) is 2. The Hall–Kier alpha value is -3.32. The lowest BCUT2D eigenvalue weighted by Crippen LogP contribution is -2.31. The van der Waals surface area contributed by atoms with Gasteiger partial charge in [-0.3, -0.25) is 9.69 Å². The molecule has 1 saturated heterocycles. The van der Waals surface area contributed by atoms with Crippen LogP contribution in [0.4, 0.5) is 23.2 Å². The van der Waals surface area contributed by atoms with Crippen molar-refractivity contribution in [3.63, 3.8) is 0 Å². The highest BCUT2D eigenvalue weighted by Gasteiger charge is 2.39. The minimum atomic E-state index is -5.08. The van der Waals surface area contributed by atoms with Crippen molar-refractivity contribution in [2.45, 2.75) is 32.6 Å². The summed E-state index contributed by atoms with van der Waals surface area (Å²) in [6, 6.07) is 10.3. The van der Waals surface area contributed by atoms with E-state index in [0.29, 0.717) is 23.3 Å². The van der Waals surface area contributed by atoms with E-state index in [1.807, 2.05) is 15.9 Å². The summed E-state index contributed by atoms with van der Waals surface area (Å²) >= 11 is 1.86. The first-order chi connectivity index (χ1) is 17.0. The third-order valence-corrected chi connectivity index (χ3v) is 7.03. The summed E-state index contributed by atoms with van der Waals surface area (Å²) in [4.78, 5) is 26.8. The average molecular weight is 526 g/mol. The summed E-state index contributed by atoms with van der Waals surface area (Å²) in [5, 5.41) is 18.3. The Kier molecular flexibility index (Phi) is 7.41. The van der Waals surface area contributed by atoms with Crippen molar-refractivity contribution in [3.8, 4) is 0 Å². The second kappa shape index (κ2) is 10.3. The number of rotatable bonds is 4. The van der Waals surface area contributed by atoms with Crippen LogP contribution in [-0.2, 0) is 24.3 Å². The zero-order chi connectivity index (χ0) is 26.0. The molecule has 0 radical (unpaired) electrons. The van der Waals surface area contributed by atoms with E-state index in [-0.39, 0.29) is 11.7 Å². The lowest BCUT2D eigenvalue weighted by molar-refractivity contribution is -0.192. The van der Waals surface area contributed by atoms with E-state index in [9.17, 15) is 22.4 Å². The Morgan fingerprint density at radius 3 is 2.50 bits per heavy atom. The normalized spacial score (nSPS) is 19.1. The molecule has 0 spiro atoms. The monoisotopic (exact) mass is 525 g/mol. The molecule has 0 aliphatic carbocycles. The van der Waals surface area contributed by atoms with Crippen molar-refractivity contribution < 1.29 is 32.3 Å². The Labute approximate surface area is 207 Å². The standard InChI is InChI=1S/C21H22FN5OS.C2HF3O2/c1-13-5-6-18(29-13)12-26-9-14-7-19-24-25-20(27(19)11-15(14)10-26)21(28)23-17-4-2-3-16(22)8-17;3-2(4,5)1(6)7/h2-6,8,14-15H,7,9-12H2,1H3,(H,23,28);(H,6,7). The summed E-state index contributed by atoms with van der Waals surface area (Å²) in [6.45, 7) is 5.95. The third-order valence-electron chi connectivity index (χ3n) is 6.04. The van der Waals surface area contributed by atoms with Crippen LogP contribution in [0.2, 0.25) is 0 Å². The van der Waals surface area contributed by atoms with Gasteiger partial charge in [0.25, 0.3) is 5.91 Å². The first kappa shape index (κ1) is 25.8. The van der Waals surface area contributed by atoms with Gasteiger partial charge in [-0.1, -0.05) is 6.07 Å². The number of likely N-dealkylation sites (tertiary alicyclic amines) is 1. The van der Waals surface area contributed by atoms with E-state index >= 15 is 0 Å². The van der Waals surface area contributed by atoms with Gasteiger partial charge in [-0.15, -0.1) is 21.5 Å². The number of carbonyl (C=O) groups is 2. The Morgan fingerprint density at radius 2 is 1.86 bits per heavy atom. The minimum Gasteiger partial charge on any atom is -0.475 e. The number of aromatic nitrogens is 3. The molecule has 0 bridgehead atoms. The fourth-order valence-electron chi connectivity index (χ4n) is 4.46. The van der Waals surface area contributed by atoms with Crippen molar-refractivity contribution >= 4 is 28.9 Å². The molecule has 3 aromatic rings. The van der Waals surface area contributed by atoms with E-state index < -0.39 is 12.1 Å². The van der Waals surface area contributed by atoms with Gasteiger partial charge in [-0.2, -0.15) is 13.2 Å². The summed E-state index contributed by atoms with van der Waals surface area (Å²) in [6.07, 6.45) is -4.25. The molecule has 5 rings (SSSR count). The molecule has 2 aliphatic heterocycles. The van der Waals surface area contributed by atoms with Gasteiger partial charge in [-0.05, 0) is 49.1 Å². The predicted octanol–water partition coefficient (Wildman–Crippen LogP) is 3.98. The van der Waals surface area contributed by atoms with Crippen molar-refractivity contribution in [1.82, 2.24) is 19.7 Å². The number of carbonyl (C=O) groups excluding carboxylic acids is 1. The first-order valence-electron chi connectivity index (χ1n) is 11.1. The van der Waals surface area contributed by atoms with Crippen LogP contribution >= 0.6 is 11.3 Å². The van der Waals surface area contributed by atoms with Crippen molar-refractivity contribution in [2.24, 2.45) is 11.8 Å². The van der Waals surface area contributed by atoms with Gasteiger partial charge in [0, 0.05) is 48.0 Å². The first-order valence-corrected chi connectivity index (χ1v) is 11.9. The number of amides is 1. The SMILES string of the molecule is Cc1ccc(CN2CC3Cc4nnc(C(=O)Nc5cccc(F)c5)n4CC3C2)s1.O=C(O)C(F)(F)F. The Morgan fingerprint density at radius 1 is 1.14 bits per heavy atom. The van der Waals surface area contributed by atoms with E-state index in [1.54, 1.807) is 12.1 Å². The molecule has 1 aromatic carbocycles. The fraction of sp³-hybridized carbons (Fsp3) is 0.391. The molecule has 2 aromatic heterocycles. The molecular formula is C23H23F4N5O3S. The number of nitrogens with zero attached hydrogens (tertiary/aromatic N) is 4. The summed E-state index contributed by atoms with van der Waals surface area (Å²) < 4.78 is 47.1. The van der Waals surface area contributed by atoms with E-state index in [0.717, 1.165) is 38.4 Å². The van der Waals surface area contributed by atoms with E-state index in [1.165, 1.54) is 21.9 Å². The van der Waals surface area contributed by atoms with Crippen LogP contribution in [0, 0.1) is 24.6 Å². The number of anilines is 1. The maximum atomic E-state index is 13.4. The molecule has 0 saturated carbocycles. The maximum Gasteiger partial charge on any atom is 0.490 e. The van der Waals surface area contributed by atoms with Crippen LogP contribution in [0.3, 0.4) is 0 Å². The molecule has 4 heterocycles. The number of thiophene rings is 1. The molecule has 1 fully saturated rings. The second-order valence-electron chi connectivity index (χ2n) is 8.75. The van der Waals surface area contributed by atoms with Crippen molar-refractivity contribution in [3.05, 3.63) is 63.6 Å². The van der Waals surface area contributed by atoms with Crippen LogP contribution in [-0.4, -0.2) is 55.9 Å². The van der Waals surface area contributed by atoms with Gasteiger partial charge in [0.1, 0.15) is 11.6 Å². The lowest BCUT2D eigenvalue weighted by atomic mass is 9.89. The number of carboxylic acids is 1. The van der Waals surface area contributed by atoms with Crippen LogP contribution in [0.25, 0.3) is 0 Å². The van der Waals surface area contributed by atoms with Crippen LogP contribution < -0.4 is 5.32 Å². The predicted molar refractivity (Wildman–Crippen MR) is 123 cm³/mol. The number of alkyl halides is 3. The number of aryl methyl sites for hydroxylation is 1. The third kappa shape index (κ3) is 6.08. The Bertz CT molecular complexity index is 1260. The van der Waals surface area contributed by atoms with Gasteiger partial charge in [-0.25, -0.2) is 9.18 Å². The number of halogens is 4. The molecule has 8 nitrogen and oxygen atoms in total. The van der Waals surface area contributed by atoms with E-state index in [2.05, 4.69) is 39.5 Å². The highest BCUT2D eigenvalue weighted by Crippen LogP contribution is 2.34. The number of carboxylic acid groups (broad SMARTS) is 1. The minimum absolute atomic E-state index is 0.301. The summed E-state index contributed by atoms with van der Waals surface area (Å²) in [7, 11) is 0. The highest BCUT2D eigenvalue weighted by atomic mass is 32.1. The van der Waals surface area contributed by atoms with E-state index in [4.69, 9.17) is 9.90 Å². The van der Waals surface area contributed by atoms with Gasteiger partial charge in [0.2, 0.25) is 5.82 Å². The maximum absolute atomic E-state index is 13.4. The largest absolute Gasteiger partial charge is 0.490 e. The van der Waals surface area contributed by atoms with Gasteiger partial charge in [0.15, 0.2) is 0 Å². The number of hydrogen-bond acceptors (Lipinski definition) is 6. The quantitative estimate of drug-likeness (QED) is 0.500. The smallest absolute Gasteiger partial charge is 0.475 e.